The van der Waals surface area contributed by atoms with Gasteiger partial charge >= 0.3 is 5.97 Å². The van der Waals surface area contributed by atoms with Crippen molar-refractivity contribution < 1.29 is 15.0 Å². The van der Waals surface area contributed by atoms with Crippen LogP contribution < -0.4 is 5.73 Å². The van der Waals surface area contributed by atoms with E-state index in [-0.39, 0.29) is 0 Å². The van der Waals surface area contributed by atoms with Crippen molar-refractivity contribution in [3.05, 3.63) is 12.2 Å². The number of allylic oxidation sites excluding steroid dienone is 1. The quantitative estimate of drug-likeness (QED) is 0.375. The molecule has 1 atom stereocenters. The Morgan fingerprint density at radius 2 is 2.30 bits per heavy atom. The van der Waals surface area contributed by atoms with Gasteiger partial charge in [-0.05, 0) is 12.5 Å². The Kier molecular flexibility index (Phi) is 3.05. The summed E-state index contributed by atoms with van der Waals surface area (Å²) in [5, 5.41) is 17.1. The zero-order chi connectivity index (χ0) is 8.20. The van der Waals surface area contributed by atoms with Gasteiger partial charge in [0.05, 0.1) is 0 Å². The highest BCUT2D eigenvalue weighted by atomic mass is 16.4. The fourth-order valence-electron chi connectivity index (χ4n) is 0.369. The van der Waals surface area contributed by atoms with Crippen molar-refractivity contribution >= 4 is 5.97 Å². The minimum absolute atomic E-state index is 0.646. The SMILES string of the molecule is CC/C=C/C(N)(O)C(=O)O. The van der Waals surface area contributed by atoms with Crippen LogP contribution in [-0.4, -0.2) is 21.9 Å². The Morgan fingerprint density at radius 1 is 1.80 bits per heavy atom. The highest BCUT2D eigenvalue weighted by Crippen LogP contribution is 1.97. The van der Waals surface area contributed by atoms with Crippen LogP contribution in [0.1, 0.15) is 13.3 Å². The van der Waals surface area contributed by atoms with Crippen LogP contribution in [0.2, 0.25) is 0 Å². The molecule has 0 aliphatic heterocycles. The molecule has 0 aliphatic rings. The number of carboxylic acids is 1. The number of aliphatic carboxylic acids is 1. The molecule has 0 saturated carbocycles. The molecule has 0 amide bonds. The lowest BCUT2D eigenvalue weighted by Crippen LogP contribution is -2.45. The largest absolute Gasteiger partial charge is 0.478 e. The minimum atomic E-state index is -2.21. The molecule has 0 heterocycles. The summed E-state index contributed by atoms with van der Waals surface area (Å²) >= 11 is 0. The van der Waals surface area contributed by atoms with Gasteiger partial charge in [-0.25, -0.2) is 4.79 Å². The van der Waals surface area contributed by atoms with Crippen molar-refractivity contribution in [1.82, 2.24) is 0 Å². The highest BCUT2D eigenvalue weighted by molar-refractivity contribution is 5.78. The summed E-state index contributed by atoms with van der Waals surface area (Å²) in [6, 6.07) is 0. The van der Waals surface area contributed by atoms with Gasteiger partial charge in [0.25, 0.3) is 0 Å². The van der Waals surface area contributed by atoms with E-state index < -0.39 is 11.7 Å². The zero-order valence-corrected chi connectivity index (χ0v) is 5.74. The van der Waals surface area contributed by atoms with Crippen molar-refractivity contribution in [2.45, 2.75) is 19.1 Å². The van der Waals surface area contributed by atoms with Crippen molar-refractivity contribution in [1.29, 1.82) is 0 Å². The second kappa shape index (κ2) is 3.34. The first kappa shape index (κ1) is 9.13. The standard InChI is InChI=1S/C6H11NO3/c1-2-3-4-6(7,10)5(8)9/h3-4,10H,2,7H2,1H3,(H,8,9)/b4-3+. The first-order valence-electron chi connectivity index (χ1n) is 2.93. The maximum absolute atomic E-state index is 10.1. The topological polar surface area (TPSA) is 83.5 Å². The average Bonchev–Trinajstić information content (AvgIpc) is 1.84. The summed E-state index contributed by atoms with van der Waals surface area (Å²) in [6.07, 6.45) is 3.19. The van der Waals surface area contributed by atoms with Crippen molar-refractivity contribution in [2.24, 2.45) is 5.73 Å². The number of carboxylic acid groups (broad SMARTS) is 1. The molecule has 4 N–H and O–H groups in total. The lowest BCUT2D eigenvalue weighted by Gasteiger charge is -2.11. The Morgan fingerprint density at radius 3 is 2.60 bits per heavy atom. The summed E-state index contributed by atoms with van der Waals surface area (Å²) in [5.41, 5.74) is 2.70. The van der Waals surface area contributed by atoms with Crippen molar-refractivity contribution in [3.63, 3.8) is 0 Å². The van der Waals surface area contributed by atoms with Gasteiger partial charge in [-0.1, -0.05) is 13.0 Å². The molecule has 4 heteroatoms. The van der Waals surface area contributed by atoms with E-state index >= 15 is 0 Å². The van der Waals surface area contributed by atoms with Crippen LogP contribution >= 0.6 is 0 Å². The summed E-state index contributed by atoms with van der Waals surface area (Å²) in [5.74, 6) is -1.45. The van der Waals surface area contributed by atoms with E-state index in [0.29, 0.717) is 6.42 Å². The van der Waals surface area contributed by atoms with Crippen LogP contribution in [0, 0.1) is 0 Å². The summed E-state index contributed by atoms with van der Waals surface area (Å²) < 4.78 is 0. The minimum Gasteiger partial charge on any atom is -0.478 e. The molecule has 10 heavy (non-hydrogen) atoms. The summed E-state index contributed by atoms with van der Waals surface area (Å²) in [6.45, 7) is 1.81. The number of hydrogen-bond donors (Lipinski definition) is 3. The second-order valence-electron chi connectivity index (χ2n) is 1.94. The van der Waals surface area contributed by atoms with Gasteiger partial charge in [-0.15, -0.1) is 0 Å². The number of rotatable bonds is 3. The lowest BCUT2D eigenvalue weighted by molar-refractivity contribution is -0.152. The first-order valence-corrected chi connectivity index (χ1v) is 2.93. The monoisotopic (exact) mass is 145 g/mol. The third-order valence-corrected chi connectivity index (χ3v) is 0.950. The molecule has 0 saturated heterocycles. The van der Waals surface area contributed by atoms with Gasteiger partial charge in [0.2, 0.25) is 5.72 Å². The number of carbonyl (C=O) groups is 1. The van der Waals surface area contributed by atoms with Crippen LogP contribution in [0.3, 0.4) is 0 Å². The molecule has 0 aliphatic carbocycles. The zero-order valence-electron chi connectivity index (χ0n) is 5.74. The molecule has 58 valence electrons. The summed E-state index contributed by atoms with van der Waals surface area (Å²) in [7, 11) is 0. The molecule has 0 bridgehead atoms. The second-order valence-corrected chi connectivity index (χ2v) is 1.94. The Bertz CT molecular complexity index is 151. The molecular formula is C6H11NO3. The molecule has 0 aromatic carbocycles. The van der Waals surface area contributed by atoms with Crippen LogP contribution in [0.25, 0.3) is 0 Å². The van der Waals surface area contributed by atoms with Crippen LogP contribution in [0.15, 0.2) is 12.2 Å². The average molecular weight is 145 g/mol. The third-order valence-electron chi connectivity index (χ3n) is 0.950. The first-order chi connectivity index (χ1) is 4.50. The number of aliphatic hydroxyl groups is 1. The van der Waals surface area contributed by atoms with E-state index in [4.69, 9.17) is 15.9 Å². The maximum atomic E-state index is 10.1. The Labute approximate surface area is 59.0 Å². The molecule has 0 rings (SSSR count). The fourth-order valence-corrected chi connectivity index (χ4v) is 0.369. The van der Waals surface area contributed by atoms with E-state index in [2.05, 4.69) is 0 Å². The predicted molar refractivity (Wildman–Crippen MR) is 36.2 cm³/mol. The van der Waals surface area contributed by atoms with E-state index in [0.717, 1.165) is 6.08 Å². The van der Waals surface area contributed by atoms with Gasteiger partial charge in [0, 0.05) is 0 Å². The molecule has 0 fully saturated rings. The molecule has 0 spiro atoms. The fraction of sp³-hybridized carbons (Fsp3) is 0.500. The van der Waals surface area contributed by atoms with Gasteiger partial charge in [0.1, 0.15) is 0 Å². The molecule has 0 aromatic heterocycles. The molecule has 1 unspecified atom stereocenters. The van der Waals surface area contributed by atoms with Gasteiger partial charge in [-0.2, -0.15) is 0 Å². The van der Waals surface area contributed by atoms with Crippen LogP contribution in [-0.2, 0) is 4.79 Å². The summed E-state index contributed by atoms with van der Waals surface area (Å²) in [4.78, 5) is 10.1. The van der Waals surface area contributed by atoms with Gasteiger partial charge in [-0.3, -0.25) is 5.73 Å². The molecule has 0 radical (unpaired) electrons. The van der Waals surface area contributed by atoms with Gasteiger partial charge < -0.3 is 10.2 Å². The van der Waals surface area contributed by atoms with Crippen LogP contribution in [0.5, 0.6) is 0 Å². The van der Waals surface area contributed by atoms with Gasteiger partial charge in [0.15, 0.2) is 0 Å². The predicted octanol–water partition coefficient (Wildman–Crippen LogP) is -0.315. The normalized spacial score (nSPS) is 17.1. The van der Waals surface area contributed by atoms with Crippen molar-refractivity contribution in [2.75, 3.05) is 0 Å². The number of hydrogen-bond acceptors (Lipinski definition) is 3. The lowest BCUT2D eigenvalue weighted by atomic mass is 10.2. The molecular weight excluding hydrogens is 134 g/mol. The Balaban J connectivity index is 4.12. The molecule has 0 aromatic rings. The highest BCUT2D eigenvalue weighted by Gasteiger charge is 2.26. The van der Waals surface area contributed by atoms with E-state index in [9.17, 15) is 4.79 Å². The third kappa shape index (κ3) is 2.61. The van der Waals surface area contributed by atoms with E-state index in [1.807, 2.05) is 6.92 Å². The molecule has 4 nitrogen and oxygen atoms in total. The van der Waals surface area contributed by atoms with E-state index in [1.54, 1.807) is 0 Å². The maximum Gasteiger partial charge on any atom is 0.355 e. The van der Waals surface area contributed by atoms with Crippen molar-refractivity contribution in [3.8, 4) is 0 Å². The van der Waals surface area contributed by atoms with E-state index in [1.165, 1.54) is 6.08 Å². The Hall–Kier alpha value is -0.870. The number of nitrogens with two attached hydrogens (primary N) is 1. The smallest absolute Gasteiger partial charge is 0.355 e. The van der Waals surface area contributed by atoms with Crippen LogP contribution in [0.4, 0.5) is 0 Å².